The minimum atomic E-state index is -0.152. The van der Waals surface area contributed by atoms with E-state index in [0.29, 0.717) is 12.3 Å². The highest BCUT2D eigenvalue weighted by Crippen LogP contribution is 2.14. The van der Waals surface area contributed by atoms with Gasteiger partial charge in [0.1, 0.15) is 6.04 Å². The zero-order valence-corrected chi connectivity index (χ0v) is 11.2. The molecule has 18 heavy (non-hydrogen) atoms. The molecule has 2 heterocycles. The minimum Gasteiger partial charge on any atom is -0.353 e. The molecule has 0 radical (unpaired) electrons. The monoisotopic (exact) mass is 269 g/mol. The van der Waals surface area contributed by atoms with Crippen molar-refractivity contribution in [2.24, 2.45) is 0 Å². The number of hydrogen-bond donors (Lipinski definition) is 1. The van der Waals surface area contributed by atoms with Crippen LogP contribution in [0.15, 0.2) is 12.7 Å². The molecule has 0 spiro atoms. The Hall–Kier alpha value is -1.01. The van der Waals surface area contributed by atoms with Crippen LogP contribution in [-0.4, -0.2) is 71.9 Å². The number of nitrogens with one attached hydrogen (secondary N) is 1. The third-order valence-corrected chi connectivity index (χ3v) is 4.23. The average molecular weight is 269 g/mol. The maximum atomic E-state index is 12.0. The van der Waals surface area contributed by atoms with Crippen molar-refractivity contribution in [3.63, 3.8) is 0 Å². The molecule has 2 aliphatic rings. The molecule has 0 saturated carbocycles. The van der Waals surface area contributed by atoms with Gasteiger partial charge in [-0.3, -0.25) is 14.5 Å². The summed E-state index contributed by atoms with van der Waals surface area (Å²) in [6.45, 7) is 7.30. The maximum Gasteiger partial charge on any atom is 0.239 e. The molecule has 0 aliphatic carbocycles. The van der Waals surface area contributed by atoms with Crippen molar-refractivity contribution in [1.29, 1.82) is 0 Å². The van der Waals surface area contributed by atoms with Gasteiger partial charge in [0.05, 0.1) is 5.75 Å². The fourth-order valence-electron chi connectivity index (χ4n) is 2.32. The molecule has 2 amide bonds. The quantitative estimate of drug-likeness (QED) is 0.555. The molecule has 0 aromatic heterocycles. The van der Waals surface area contributed by atoms with E-state index in [0.717, 1.165) is 31.9 Å². The van der Waals surface area contributed by atoms with Crippen LogP contribution in [0.1, 0.15) is 0 Å². The zero-order chi connectivity index (χ0) is 13.0. The predicted molar refractivity (Wildman–Crippen MR) is 72.5 cm³/mol. The van der Waals surface area contributed by atoms with Crippen LogP contribution in [0.2, 0.25) is 0 Å². The SMILES string of the molecule is C=CCSCC(=O)N1CCN2CCNC(=O)C2C1. The second-order valence-corrected chi connectivity index (χ2v) is 5.52. The molecule has 2 saturated heterocycles. The second kappa shape index (κ2) is 6.24. The van der Waals surface area contributed by atoms with Gasteiger partial charge in [-0.2, -0.15) is 0 Å². The lowest BCUT2D eigenvalue weighted by Gasteiger charge is -2.43. The standard InChI is InChI=1S/C12H19N3O2S/c1-2-7-18-9-11(16)15-6-5-14-4-3-13-12(17)10(14)8-15/h2,10H,1,3-9H2,(H,13,17). The van der Waals surface area contributed by atoms with Gasteiger partial charge in [-0.1, -0.05) is 6.08 Å². The van der Waals surface area contributed by atoms with Crippen LogP contribution in [0.5, 0.6) is 0 Å². The Morgan fingerprint density at radius 1 is 1.50 bits per heavy atom. The van der Waals surface area contributed by atoms with E-state index in [1.54, 1.807) is 17.8 Å². The highest BCUT2D eigenvalue weighted by Gasteiger charge is 2.35. The molecule has 1 unspecified atom stereocenters. The van der Waals surface area contributed by atoms with Gasteiger partial charge >= 0.3 is 0 Å². The molecule has 100 valence electrons. The van der Waals surface area contributed by atoms with Gasteiger partial charge < -0.3 is 10.2 Å². The fourth-order valence-corrected chi connectivity index (χ4v) is 2.97. The summed E-state index contributed by atoms with van der Waals surface area (Å²) >= 11 is 1.56. The van der Waals surface area contributed by atoms with Gasteiger partial charge in [-0.25, -0.2) is 0 Å². The molecule has 6 heteroatoms. The highest BCUT2D eigenvalue weighted by molar-refractivity contribution is 8.00. The lowest BCUT2D eigenvalue weighted by Crippen LogP contribution is -2.64. The molecule has 5 nitrogen and oxygen atoms in total. The molecule has 2 rings (SSSR count). The fraction of sp³-hybridized carbons (Fsp3) is 0.667. The number of carbonyl (C=O) groups excluding carboxylic acids is 2. The second-order valence-electron chi connectivity index (χ2n) is 4.49. The lowest BCUT2D eigenvalue weighted by atomic mass is 10.1. The van der Waals surface area contributed by atoms with E-state index in [2.05, 4.69) is 16.8 Å². The first-order valence-corrected chi connectivity index (χ1v) is 7.36. The van der Waals surface area contributed by atoms with Crippen molar-refractivity contribution in [3.05, 3.63) is 12.7 Å². The summed E-state index contributed by atoms with van der Waals surface area (Å²) in [5, 5.41) is 2.86. The summed E-state index contributed by atoms with van der Waals surface area (Å²) in [4.78, 5) is 27.7. The van der Waals surface area contributed by atoms with Crippen molar-refractivity contribution in [2.75, 3.05) is 44.2 Å². The largest absolute Gasteiger partial charge is 0.353 e. The van der Waals surface area contributed by atoms with Crippen LogP contribution < -0.4 is 5.32 Å². The predicted octanol–water partition coefficient (Wildman–Crippen LogP) is -0.452. The topological polar surface area (TPSA) is 52.7 Å². The summed E-state index contributed by atoms with van der Waals surface area (Å²) in [7, 11) is 0. The summed E-state index contributed by atoms with van der Waals surface area (Å²) in [6, 6.07) is -0.152. The van der Waals surface area contributed by atoms with Crippen LogP contribution in [0.3, 0.4) is 0 Å². The smallest absolute Gasteiger partial charge is 0.239 e. The first-order valence-electron chi connectivity index (χ1n) is 6.20. The number of nitrogens with zero attached hydrogens (tertiary/aromatic N) is 2. The molecule has 0 aromatic rings. The molecule has 1 atom stereocenters. The normalized spacial score (nSPS) is 24.3. The van der Waals surface area contributed by atoms with Gasteiger partial charge in [0.2, 0.25) is 11.8 Å². The van der Waals surface area contributed by atoms with Crippen LogP contribution in [0.4, 0.5) is 0 Å². The summed E-state index contributed by atoms with van der Waals surface area (Å²) in [5.41, 5.74) is 0. The summed E-state index contributed by atoms with van der Waals surface area (Å²) in [6.07, 6.45) is 1.80. The van der Waals surface area contributed by atoms with Gasteiger partial charge in [-0.15, -0.1) is 18.3 Å². The van der Waals surface area contributed by atoms with Gasteiger partial charge in [0.25, 0.3) is 0 Å². The Labute approximate surface area is 112 Å². The maximum absolute atomic E-state index is 12.0. The van der Waals surface area contributed by atoms with E-state index < -0.39 is 0 Å². The third-order valence-electron chi connectivity index (χ3n) is 3.31. The van der Waals surface area contributed by atoms with E-state index in [1.165, 1.54) is 0 Å². The van der Waals surface area contributed by atoms with Crippen LogP contribution in [-0.2, 0) is 9.59 Å². The molecule has 0 aromatic carbocycles. The Morgan fingerprint density at radius 3 is 3.11 bits per heavy atom. The lowest BCUT2D eigenvalue weighted by molar-refractivity contribution is -0.138. The number of rotatable bonds is 4. The van der Waals surface area contributed by atoms with E-state index in [9.17, 15) is 9.59 Å². The summed E-state index contributed by atoms with van der Waals surface area (Å²) < 4.78 is 0. The molecular formula is C12H19N3O2S. The van der Waals surface area contributed by atoms with Crippen LogP contribution >= 0.6 is 11.8 Å². The van der Waals surface area contributed by atoms with Gasteiger partial charge in [0.15, 0.2) is 0 Å². The molecule has 2 fully saturated rings. The average Bonchev–Trinajstić information content (AvgIpc) is 2.39. The molecular weight excluding hydrogens is 250 g/mol. The van der Waals surface area contributed by atoms with Gasteiger partial charge in [0, 0.05) is 38.5 Å². The Kier molecular flexibility index (Phi) is 4.66. The third kappa shape index (κ3) is 3.05. The number of thioether (sulfide) groups is 1. The summed E-state index contributed by atoms with van der Waals surface area (Å²) in [5.74, 6) is 1.44. The molecule has 2 aliphatic heterocycles. The van der Waals surface area contributed by atoms with Crippen molar-refractivity contribution in [1.82, 2.24) is 15.1 Å². The zero-order valence-electron chi connectivity index (χ0n) is 10.4. The highest BCUT2D eigenvalue weighted by atomic mass is 32.2. The molecule has 1 N–H and O–H groups in total. The van der Waals surface area contributed by atoms with E-state index in [4.69, 9.17) is 0 Å². The van der Waals surface area contributed by atoms with Crippen LogP contribution in [0.25, 0.3) is 0 Å². The molecule has 0 bridgehead atoms. The minimum absolute atomic E-state index is 0.0532. The van der Waals surface area contributed by atoms with Crippen molar-refractivity contribution in [3.8, 4) is 0 Å². The van der Waals surface area contributed by atoms with E-state index >= 15 is 0 Å². The Bertz CT molecular complexity index is 348. The van der Waals surface area contributed by atoms with Crippen molar-refractivity contribution in [2.45, 2.75) is 6.04 Å². The first kappa shape index (κ1) is 13.4. The first-order chi connectivity index (χ1) is 8.72. The van der Waals surface area contributed by atoms with Crippen LogP contribution in [0, 0.1) is 0 Å². The number of amides is 2. The Morgan fingerprint density at radius 2 is 2.33 bits per heavy atom. The van der Waals surface area contributed by atoms with E-state index in [1.807, 2.05) is 4.90 Å². The number of fused-ring (bicyclic) bond motifs is 1. The van der Waals surface area contributed by atoms with E-state index in [-0.39, 0.29) is 17.9 Å². The number of piperazine rings is 2. The van der Waals surface area contributed by atoms with Crippen molar-refractivity contribution >= 4 is 23.6 Å². The van der Waals surface area contributed by atoms with Crippen molar-refractivity contribution < 1.29 is 9.59 Å². The number of hydrogen-bond acceptors (Lipinski definition) is 4. The Balaban J connectivity index is 1.86. The van der Waals surface area contributed by atoms with Gasteiger partial charge in [-0.05, 0) is 0 Å². The number of carbonyl (C=O) groups is 2.